The lowest BCUT2D eigenvalue weighted by Gasteiger charge is -2.22. The molecule has 2 atom stereocenters. The molecule has 6 heteroatoms. The van der Waals surface area contributed by atoms with Crippen molar-refractivity contribution in [3.63, 3.8) is 0 Å². The van der Waals surface area contributed by atoms with Crippen molar-refractivity contribution in [3.8, 4) is 0 Å². The molecule has 1 amide bonds. The molecule has 0 aliphatic rings. The van der Waals surface area contributed by atoms with Crippen molar-refractivity contribution in [2.45, 2.75) is 373 Å². The number of carbonyl (C=O) groups is 2. The van der Waals surface area contributed by atoms with Gasteiger partial charge < -0.3 is 20.3 Å². The summed E-state index contributed by atoms with van der Waals surface area (Å²) >= 11 is 0. The van der Waals surface area contributed by atoms with Gasteiger partial charge in [-0.15, -0.1) is 0 Å². The lowest BCUT2D eigenvalue weighted by Crippen LogP contribution is -2.45. The molecule has 0 aromatic heterocycles. The highest BCUT2D eigenvalue weighted by atomic mass is 16.5. The lowest BCUT2D eigenvalue weighted by molar-refractivity contribution is -0.143. The van der Waals surface area contributed by atoms with Crippen LogP contribution in [0.5, 0.6) is 0 Å². The van der Waals surface area contributed by atoms with Crippen LogP contribution in [0.25, 0.3) is 0 Å². The van der Waals surface area contributed by atoms with E-state index in [-0.39, 0.29) is 18.5 Å². The number of nitrogens with one attached hydrogen (secondary N) is 1. The summed E-state index contributed by atoms with van der Waals surface area (Å²) in [7, 11) is 0. The Morgan fingerprint density at radius 3 is 1.09 bits per heavy atom. The number of hydrogen-bond acceptors (Lipinski definition) is 5. The smallest absolute Gasteiger partial charge is 0.305 e. The van der Waals surface area contributed by atoms with Crippen molar-refractivity contribution in [2.24, 2.45) is 0 Å². The van der Waals surface area contributed by atoms with Crippen molar-refractivity contribution < 1.29 is 24.5 Å². The van der Waals surface area contributed by atoms with Gasteiger partial charge in [0.2, 0.25) is 5.91 Å². The summed E-state index contributed by atoms with van der Waals surface area (Å²) in [6, 6.07) is -0.551. The molecule has 2 unspecified atom stereocenters. The Bertz CT molecular complexity index is 1200. The standard InChI is InChI=1S/C68H129NO5/c1-3-5-7-9-11-13-15-17-18-19-20-21-22-23-24-25-27-30-33-37-40-44-48-52-56-60-66(71)65(64-70)69-67(72)61-57-53-49-45-41-38-34-31-28-26-29-32-35-39-43-47-51-55-59-63-74-68(73)62-58-54-50-46-42-36-16-14-12-10-8-6-4-2/h8,10,14,16,26,28,65-66,70-71H,3-7,9,11-13,15,17-25,27,29-64H2,1-2H3,(H,69,72)/b10-8-,16-14-,28-26-. The van der Waals surface area contributed by atoms with E-state index in [9.17, 15) is 19.8 Å². The average Bonchev–Trinajstić information content (AvgIpc) is 3.40. The fraction of sp³-hybridized carbons (Fsp3) is 0.882. The molecule has 0 aromatic rings. The maximum atomic E-state index is 12.5. The van der Waals surface area contributed by atoms with Gasteiger partial charge in [-0.25, -0.2) is 0 Å². The molecule has 0 radical (unpaired) electrons. The van der Waals surface area contributed by atoms with E-state index in [0.717, 1.165) is 57.8 Å². The summed E-state index contributed by atoms with van der Waals surface area (Å²) in [5.74, 6) is -0.0522. The monoisotopic (exact) mass is 1040 g/mol. The van der Waals surface area contributed by atoms with E-state index in [0.29, 0.717) is 25.9 Å². The SMILES string of the molecule is CCC/C=C\C/C=C\CCCCCCCC(=O)OCCCCCCCCCC/C=C\CCCCCCCCCC(=O)NC(CO)C(O)CCCCCCCCCCCCCCCCCCCCCCCCCCC. The first-order chi connectivity index (χ1) is 36.5. The summed E-state index contributed by atoms with van der Waals surface area (Å²) in [6.07, 6.45) is 80.3. The number of ether oxygens (including phenoxy) is 1. The van der Waals surface area contributed by atoms with Gasteiger partial charge in [0.1, 0.15) is 0 Å². The molecule has 0 aliphatic carbocycles. The number of unbranched alkanes of at least 4 members (excludes halogenated alkanes) is 45. The second-order valence-corrected chi connectivity index (χ2v) is 22.8. The van der Waals surface area contributed by atoms with Crippen LogP contribution >= 0.6 is 0 Å². The van der Waals surface area contributed by atoms with Gasteiger partial charge in [0.25, 0.3) is 0 Å². The number of amides is 1. The molecule has 6 nitrogen and oxygen atoms in total. The van der Waals surface area contributed by atoms with Gasteiger partial charge >= 0.3 is 5.97 Å². The Hall–Kier alpha value is -1.92. The Balaban J connectivity index is 3.44. The zero-order chi connectivity index (χ0) is 53.6. The van der Waals surface area contributed by atoms with Crippen molar-refractivity contribution in [1.82, 2.24) is 5.32 Å². The topological polar surface area (TPSA) is 95.9 Å². The van der Waals surface area contributed by atoms with Crippen molar-refractivity contribution in [1.29, 1.82) is 0 Å². The molecule has 0 bridgehead atoms. The van der Waals surface area contributed by atoms with Crippen LogP contribution in [0, 0.1) is 0 Å². The van der Waals surface area contributed by atoms with Gasteiger partial charge in [0, 0.05) is 12.8 Å². The summed E-state index contributed by atoms with van der Waals surface area (Å²) in [5.41, 5.74) is 0. The third kappa shape index (κ3) is 59.3. The predicted molar refractivity (Wildman–Crippen MR) is 324 cm³/mol. The van der Waals surface area contributed by atoms with Gasteiger partial charge in [0.05, 0.1) is 25.4 Å². The largest absolute Gasteiger partial charge is 0.466 e. The quantitative estimate of drug-likeness (QED) is 0.0320. The fourth-order valence-corrected chi connectivity index (χ4v) is 10.3. The molecule has 0 spiro atoms. The number of esters is 1. The van der Waals surface area contributed by atoms with Gasteiger partial charge in [-0.3, -0.25) is 9.59 Å². The van der Waals surface area contributed by atoms with Crippen LogP contribution in [-0.4, -0.2) is 47.4 Å². The molecule has 0 rings (SSSR count). The minimum absolute atomic E-state index is 0.0109. The Kier molecular flexibility index (Phi) is 62.0. The molecule has 0 aromatic carbocycles. The van der Waals surface area contributed by atoms with Crippen LogP contribution in [0.3, 0.4) is 0 Å². The van der Waals surface area contributed by atoms with Gasteiger partial charge in [-0.1, -0.05) is 307 Å². The van der Waals surface area contributed by atoms with E-state index in [1.165, 1.54) is 270 Å². The molecule has 0 saturated heterocycles. The number of hydrogen-bond donors (Lipinski definition) is 3. The van der Waals surface area contributed by atoms with Crippen LogP contribution in [0.15, 0.2) is 36.5 Å². The number of aliphatic hydroxyl groups is 2. The molecule has 0 fully saturated rings. The first kappa shape index (κ1) is 72.1. The summed E-state index contributed by atoms with van der Waals surface area (Å²) in [6.45, 7) is 4.90. The first-order valence-corrected chi connectivity index (χ1v) is 33.2. The summed E-state index contributed by atoms with van der Waals surface area (Å²) in [4.78, 5) is 24.6. The number of carbonyl (C=O) groups excluding carboxylic acids is 2. The number of rotatable bonds is 62. The minimum Gasteiger partial charge on any atom is -0.466 e. The molecule has 0 heterocycles. The lowest BCUT2D eigenvalue weighted by atomic mass is 10.0. The Morgan fingerprint density at radius 2 is 0.703 bits per heavy atom. The normalized spacial score (nSPS) is 12.8. The van der Waals surface area contributed by atoms with E-state index in [2.05, 4.69) is 55.6 Å². The van der Waals surface area contributed by atoms with Crippen molar-refractivity contribution in [3.05, 3.63) is 36.5 Å². The van der Waals surface area contributed by atoms with Crippen LogP contribution in [0.4, 0.5) is 0 Å². The van der Waals surface area contributed by atoms with E-state index < -0.39 is 12.1 Å². The molecular weight excluding hydrogens is 911 g/mol. The first-order valence-electron chi connectivity index (χ1n) is 33.2. The molecule has 436 valence electrons. The van der Waals surface area contributed by atoms with Crippen molar-refractivity contribution >= 4 is 11.9 Å². The van der Waals surface area contributed by atoms with E-state index in [4.69, 9.17) is 4.74 Å². The van der Waals surface area contributed by atoms with E-state index >= 15 is 0 Å². The third-order valence-electron chi connectivity index (χ3n) is 15.4. The van der Waals surface area contributed by atoms with Gasteiger partial charge in [0.15, 0.2) is 0 Å². The second kappa shape index (κ2) is 63.6. The zero-order valence-electron chi connectivity index (χ0n) is 49.8. The predicted octanol–water partition coefficient (Wildman–Crippen LogP) is 21.1. The fourth-order valence-electron chi connectivity index (χ4n) is 10.3. The van der Waals surface area contributed by atoms with Crippen LogP contribution in [0.2, 0.25) is 0 Å². The highest BCUT2D eigenvalue weighted by molar-refractivity contribution is 5.76. The molecule has 0 saturated carbocycles. The molecular formula is C68H129NO5. The van der Waals surface area contributed by atoms with Crippen LogP contribution in [-0.2, 0) is 14.3 Å². The highest BCUT2D eigenvalue weighted by Crippen LogP contribution is 2.18. The van der Waals surface area contributed by atoms with Gasteiger partial charge in [-0.05, 0) is 77.0 Å². The number of aliphatic hydroxyl groups excluding tert-OH is 2. The average molecular weight is 1040 g/mol. The van der Waals surface area contributed by atoms with Gasteiger partial charge in [-0.2, -0.15) is 0 Å². The van der Waals surface area contributed by atoms with Crippen molar-refractivity contribution in [2.75, 3.05) is 13.2 Å². The molecule has 74 heavy (non-hydrogen) atoms. The Labute approximate surface area is 462 Å². The maximum absolute atomic E-state index is 12.5. The minimum atomic E-state index is -0.673. The molecule has 3 N–H and O–H groups in total. The van der Waals surface area contributed by atoms with Crippen LogP contribution < -0.4 is 5.32 Å². The summed E-state index contributed by atoms with van der Waals surface area (Å²) < 4.78 is 5.46. The Morgan fingerprint density at radius 1 is 0.378 bits per heavy atom. The highest BCUT2D eigenvalue weighted by Gasteiger charge is 2.20. The zero-order valence-corrected chi connectivity index (χ0v) is 49.8. The number of allylic oxidation sites excluding steroid dienone is 6. The second-order valence-electron chi connectivity index (χ2n) is 22.8. The molecule has 0 aliphatic heterocycles. The third-order valence-corrected chi connectivity index (χ3v) is 15.4. The van der Waals surface area contributed by atoms with E-state index in [1.54, 1.807) is 0 Å². The van der Waals surface area contributed by atoms with E-state index in [1.807, 2.05) is 0 Å². The summed E-state index contributed by atoms with van der Waals surface area (Å²) in [5, 5.41) is 23.4. The maximum Gasteiger partial charge on any atom is 0.305 e. The van der Waals surface area contributed by atoms with Crippen LogP contribution in [0.1, 0.15) is 361 Å².